The van der Waals surface area contributed by atoms with Crippen molar-refractivity contribution in [1.29, 1.82) is 0 Å². The second kappa shape index (κ2) is 8.78. The third-order valence-corrected chi connectivity index (χ3v) is 5.46. The van der Waals surface area contributed by atoms with Crippen molar-refractivity contribution in [3.63, 3.8) is 0 Å². The second-order valence-electron chi connectivity index (χ2n) is 7.94. The number of anilines is 1. The van der Waals surface area contributed by atoms with Crippen LogP contribution in [-0.2, 0) is 11.3 Å². The number of aliphatic hydroxyl groups is 2. The number of hydrogen-bond acceptors (Lipinski definition) is 7. The number of halogens is 2. The molecule has 0 amide bonds. The number of hydrogen-bond donors (Lipinski definition) is 3. The smallest absolute Gasteiger partial charge is 0.223 e. The van der Waals surface area contributed by atoms with Gasteiger partial charge in [0.2, 0.25) is 5.95 Å². The number of nitrogens with one attached hydrogen (secondary N) is 1. The van der Waals surface area contributed by atoms with Gasteiger partial charge in [0.15, 0.2) is 5.82 Å². The highest BCUT2D eigenvalue weighted by molar-refractivity contribution is 5.88. The van der Waals surface area contributed by atoms with Gasteiger partial charge < -0.3 is 20.3 Å². The summed E-state index contributed by atoms with van der Waals surface area (Å²) in [5.74, 6) is -1.18. The molecule has 1 aliphatic rings. The first kappa shape index (κ1) is 21.5. The first-order valence-corrected chi connectivity index (χ1v) is 10.2. The van der Waals surface area contributed by atoms with Crippen LogP contribution in [0.4, 0.5) is 14.7 Å². The normalized spacial score (nSPS) is 19.2. The van der Waals surface area contributed by atoms with Gasteiger partial charge in [-0.15, -0.1) is 0 Å². The predicted octanol–water partition coefficient (Wildman–Crippen LogP) is 3.15. The molecular weight excluding hydrogens is 406 g/mol. The minimum absolute atomic E-state index is 0.00946. The predicted molar refractivity (Wildman–Crippen MR) is 112 cm³/mol. The molecule has 0 radical (unpaired) electrons. The highest BCUT2D eigenvalue weighted by Crippen LogP contribution is 2.33. The Balaban J connectivity index is 1.80. The van der Waals surface area contributed by atoms with E-state index in [-0.39, 0.29) is 47.9 Å². The lowest BCUT2D eigenvalue weighted by Gasteiger charge is -2.28. The number of ether oxygens (including phenoxy) is 1. The van der Waals surface area contributed by atoms with Crippen LogP contribution in [0, 0.1) is 11.6 Å². The molecule has 3 aromatic rings. The number of benzene rings is 1. The summed E-state index contributed by atoms with van der Waals surface area (Å²) in [7, 11) is 0. The molecular formula is C22H24F2N4O3. The molecule has 0 bridgehead atoms. The van der Waals surface area contributed by atoms with Crippen molar-refractivity contribution < 1.29 is 23.7 Å². The van der Waals surface area contributed by atoms with Crippen LogP contribution in [0.1, 0.15) is 37.3 Å². The molecule has 2 aromatic heterocycles. The van der Waals surface area contributed by atoms with Crippen molar-refractivity contribution in [2.24, 2.45) is 0 Å². The molecule has 0 spiro atoms. The number of fused-ring (bicyclic) bond motifs is 1. The summed E-state index contributed by atoms with van der Waals surface area (Å²) >= 11 is 0. The van der Waals surface area contributed by atoms with Crippen LogP contribution >= 0.6 is 0 Å². The summed E-state index contributed by atoms with van der Waals surface area (Å²) in [6.45, 7) is 4.32. The van der Waals surface area contributed by atoms with Gasteiger partial charge in [0, 0.05) is 23.8 Å². The van der Waals surface area contributed by atoms with Crippen molar-refractivity contribution in [3.05, 3.63) is 47.3 Å². The third kappa shape index (κ3) is 4.21. The van der Waals surface area contributed by atoms with Gasteiger partial charge in [-0.2, -0.15) is 0 Å². The van der Waals surface area contributed by atoms with Gasteiger partial charge >= 0.3 is 0 Å². The Morgan fingerprint density at radius 2 is 2.00 bits per heavy atom. The minimum Gasteiger partial charge on any atom is -0.392 e. The largest absolute Gasteiger partial charge is 0.392 e. The van der Waals surface area contributed by atoms with Gasteiger partial charge in [0.1, 0.15) is 17.0 Å². The zero-order chi connectivity index (χ0) is 22.1. The Morgan fingerprint density at radius 3 is 2.71 bits per heavy atom. The average molecular weight is 430 g/mol. The van der Waals surface area contributed by atoms with Crippen LogP contribution in [0.15, 0.2) is 24.5 Å². The number of nitrogens with zero attached hydrogens (tertiary/aromatic N) is 3. The molecule has 1 saturated heterocycles. The summed E-state index contributed by atoms with van der Waals surface area (Å²) < 4.78 is 34.8. The van der Waals surface area contributed by atoms with E-state index in [1.54, 1.807) is 6.07 Å². The molecule has 0 aliphatic carbocycles. The fourth-order valence-electron chi connectivity index (χ4n) is 3.96. The molecule has 1 aliphatic heterocycles. The lowest BCUT2D eigenvalue weighted by Crippen LogP contribution is -2.42. The van der Waals surface area contributed by atoms with E-state index in [0.717, 1.165) is 11.8 Å². The van der Waals surface area contributed by atoms with Crippen LogP contribution in [0.5, 0.6) is 0 Å². The standard InChI is InChI=1S/C22H24F2N4O3/c1-11(2)19-13(9-29)7-25-21-14(19)5-12(6-15(21)23)20-16(24)8-26-22(28-20)27-17-3-4-31-10-18(17)30/h5-8,11,17-18,29-30H,3-4,9-10H2,1-2H3,(H,26,27,28)/t17-,18+/m1/s1. The Bertz CT molecular complexity index is 1110. The van der Waals surface area contributed by atoms with E-state index in [1.165, 1.54) is 12.3 Å². The average Bonchev–Trinajstić information content (AvgIpc) is 2.75. The van der Waals surface area contributed by atoms with Crippen LogP contribution in [0.25, 0.3) is 22.2 Å². The van der Waals surface area contributed by atoms with E-state index in [2.05, 4.69) is 20.3 Å². The van der Waals surface area contributed by atoms with Gasteiger partial charge in [-0.05, 0) is 35.6 Å². The SMILES string of the molecule is CC(C)c1c(CO)cnc2c(F)cc(-c3nc(N[C@@H]4CCOC[C@@H]4O)ncc3F)cc12. The van der Waals surface area contributed by atoms with Gasteiger partial charge in [0.05, 0.1) is 31.6 Å². The van der Waals surface area contributed by atoms with Crippen molar-refractivity contribution in [1.82, 2.24) is 15.0 Å². The second-order valence-corrected chi connectivity index (χ2v) is 7.94. The molecule has 4 rings (SSSR count). The number of pyridine rings is 1. The molecule has 1 aromatic carbocycles. The quantitative estimate of drug-likeness (QED) is 0.572. The maximum Gasteiger partial charge on any atom is 0.223 e. The van der Waals surface area contributed by atoms with E-state index in [9.17, 15) is 19.0 Å². The minimum atomic E-state index is -0.736. The zero-order valence-corrected chi connectivity index (χ0v) is 17.3. The lowest BCUT2D eigenvalue weighted by molar-refractivity contribution is -0.0136. The lowest BCUT2D eigenvalue weighted by atomic mass is 9.93. The van der Waals surface area contributed by atoms with Crippen LogP contribution in [0.3, 0.4) is 0 Å². The highest BCUT2D eigenvalue weighted by atomic mass is 19.1. The van der Waals surface area contributed by atoms with Gasteiger partial charge in [-0.3, -0.25) is 4.98 Å². The highest BCUT2D eigenvalue weighted by Gasteiger charge is 2.25. The molecule has 9 heteroatoms. The van der Waals surface area contributed by atoms with E-state index in [1.807, 2.05) is 13.8 Å². The molecule has 164 valence electrons. The molecule has 0 saturated carbocycles. The monoisotopic (exact) mass is 430 g/mol. The van der Waals surface area contributed by atoms with Crippen molar-refractivity contribution in [2.45, 2.75) is 44.9 Å². The van der Waals surface area contributed by atoms with Crippen LogP contribution in [0.2, 0.25) is 0 Å². The molecule has 31 heavy (non-hydrogen) atoms. The maximum absolute atomic E-state index is 14.9. The summed E-state index contributed by atoms with van der Waals surface area (Å²) in [5, 5.41) is 23.3. The number of rotatable bonds is 5. The van der Waals surface area contributed by atoms with Crippen LogP contribution in [-0.4, -0.2) is 50.5 Å². The number of aliphatic hydroxyl groups excluding tert-OH is 2. The fourth-order valence-corrected chi connectivity index (χ4v) is 3.96. The van der Waals surface area contributed by atoms with Crippen molar-refractivity contribution in [3.8, 4) is 11.3 Å². The van der Waals surface area contributed by atoms with Gasteiger partial charge in [-0.25, -0.2) is 18.7 Å². The maximum atomic E-state index is 14.9. The van der Waals surface area contributed by atoms with E-state index in [0.29, 0.717) is 24.0 Å². The Kier molecular flexibility index (Phi) is 6.08. The summed E-state index contributed by atoms with van der Waals surface area (Å²) in [6.07, 6.45) is 2.30. The van der Waals surface area contributed by atoms with Crippen molar-refractivity contribution >= 4 is 16.9 Å². The fraction of sp³-hybridized carbons (Fsp3) is 0.409. The topological polar surface area (TPSA) is 100 Å². The van der Waals surface area contributed by atoms with Gasteiger partial charge in [-0.1, -0.05) is 13.8 Å². The molecule has 3 heterocycles. The zero-order valence-electron chi connectivity index (χ0n) is 17.3. The van der Waals surface area contributed by atoms with E-state index in [4.69, 9.17) is 4.74 Å². The summed E-state index contributed by atoms with van der Waals surface area (Å²) in [4.78, 5) is 12.4. The first-order chi connectivity index (χ1) is 14.9. The molecule has 3 N–H and O–H groups in total. The molecule has 0 unspecified atom stereocenters. The Labute approximate surface area is 178 Å². The third-order valence-electron chi connectivity index (χ3n) is 5.46. The summed E-state index contributed by atoms with van der Waals surface area (Å²) in [5.41, 5.74) is 1.68. The van der Waals surface area contributed by atoms with Crippen molar-refractivity contribution in [2.75, 3.05) is 18.5 Å². The molecule has 7 nitrogen and oxygen atoms in total. The van der Waals surface area contributed by atoms with E-state index >= 15 is 0 Å². The molecule has 1 fully saturated rings. The summed E-state index contributed by atoms with van der Waals surface area (Å²) in [6, 6.07) is 2.50. The molecule has 2 atom stereocenters. The van der Waals surface area contributed by atoms with Crippen LogP contribution < -0.4 is 5.32 Å². The number of aromatic nitrogens is 3. The Hall–Kier alpha value is -2.75. The van der Waals surface area contributed by atoms with E-state index < -0.39 is 17.7 Å². The Morgan fingerprint density at radius 1 is 1.19 bits per heavy atom. The first-order valence-electron chi connectivity index (χ1n) is 10.2. The van der Waals surface area contributed by atoms with Gasteiger partial charge in [0.25, 0.3) is 0 Å².